The molecular formula is C21H26N2O6. The summed E-state index contributed by atoms with van der Waals surface area (Å²) in [6.07, 6.45) is 2.07. The van der Waals surface area contributed by atoms with Gasteiger partial charge in [-0.2, -0.15) is 0 Å². The van der Waals surface area contributed by atoms with Crippen molar-refractivity contribution >= 4 is 17.8 Å². The zero-order valence-electron chi connectivity index (χ0n) is 16.3. The van der Waals surface area contributed by atoms with E-state index in [2.05, 4.69) is 0 Å². The van der Waals surface area contributed by atoms with Gasteiger partial charge < -0.3 is 24.4 Å². The number of carboxylic acids is 1. The molecule has 0 bridgehead atoms. The van der Waals surface area contributed by atoms with Crippen LogP contribution < -0.4 is 9.47 Å². The van der Waals surface area contributed by atoms with Crippen molar-refractivity contribution in [3.8, 4) is 11.5 Å². The predicted molar refractivity (Wildman–Crippen MR) is 102 cm³/mol. The van der Waals surface area contributed by atoms with Crippen LogP contribution in [0.5, 0.6) is 11.5 Å². The molecule has 4 rings (SSSR count). The molecule has 0 aliphatic carbocycles. The van der Waals surface area contributed by atoms with E-state index in [1.807, 2.05) is 23.1 Å². The highest BCUT2D eigenvalue weighted by Crippen LogP contribution is 2.35. The molecule has 0 aromatic heterocycles. The third-order valence-electron chi connectivity index (χ3n) is 6.17. The van der Waals surface area contributed by atoms with E-state index >= 15 is 0 Å². The van der Waals surface area contributed by atoms with Crippen molar-refractivity contribution in [1.82, 2.24) is 9.80 Å². The molecular weight excluding hydrogens is 376 g/mol. The maximum absolute atomic E-state index is 12.8. The summed E-state index contributed by atoms with van der Waals surface area (Å²) < 4.78 is 10.8. The number of likely N-dealkylation sites (tertiary alicyclic amines) is 2. The number of rotatable bonds is 5. The summed E-state index contributed by atoms with van der Waals surface area (Å²) in [5.74, 6) is 1.12. The van der Waals surface area contributed by atoms with Gasteiger partial charge in [-0.1, -0.05) is 6.07 Å². The monoisotopic (exact) mass is 402 g/mol. The number of fused-ring (bicyclic) bond motifs is 2. The molecule has 2 atom stereocenters. The Morgan fingerprint density at radius 1 is 1.07 bits per heavy atom. The van der Waals surface area contributed by atoms with Crippen LogP contribution >= 0.6 is 0 Å². The average molecular weight is 402 g/mol. The molecule has 2 unspecified atom stereocenters. The van der Waals surface area contributed by atoms with Gasteiger partial charge in [-0.3, -0.25) is 14.4 Å². The van der Waals surface area contributed by atoms with Crippen molar-refractivity contribution in [3.63, 3.8) is 0 Å². The minimum atomic E-state index is -0.951. The molecule has 8 nitrogen and oxygen atoms in total. The Morgan fingerprint density at radius 2 is 1.86 bits per heavy atom. The number of carboxylic acid groups (broad SMARTS) is 1. The van der Waals surface area contributed by atoms with Crippen LogP contribution in [-0.4, -0.2) is 59.1 Å². The molecule has 0 radical (unpaired) electrons. The highest BCUT2D eigenvalue weighted by molar-refractivity contribution is 5.81. The zero-order chi connectivity index (χ0) is 20.4. The highest BCUT2D eigenvalue weighted by atomic mass is 16.7. The van der Waals surface area contributed by atoms with E-state index in [0.717, 1.165) is 24.2 Å². The topological polar surface area (TPSA) is 96.4 Å². The largest absolute Gasteiger partial charge is 0.481 e. The first kappa shape index (κ1) is 19.5. The van der Waals surface area contributed by atoms with Crippen molar-refractivity contribution in [2.45, 2.75) is 38.6 Å². The molecule has 0 saturated carbocycles. The Hall–Kier alpha value is -2.77. The van der Waals surface area contributed by atoms with Crippen LogP contribution in [0.2, 0.25) is 0 Å². The Labute approximate surface area is 169 Å². The maximum Gasteiger partial charge on any atom is 0.303 e. The van der Waals surface area contributed by atoms with E-state index in [-0.39, 0.29) is 43.3 Å². The van der Waals surface area contributed by atoms with E-state index in [4.69, 9.17) is 14.6 Å². The number of amides is 2. The first-order valence-corrected chi connectivity index (χ1v) is 10.2. The van der Waals surface area contributed by atoms with Crippen molar-refractivity contribution in [3.05, 3.63) is 23.8 Å². The fourth-order valence-electron chi connectivity index (χ4n) is 4.50. The second-order valence-corrected chi connectivity index (χ2v) is 8.04. The van der Waals surface area contributed by atoms with Gasteiger partial charge >= 0.3 is 5.97 Å². The van der Waals surface area contributed by atoms with Crippen LogP contribution in [0.3, 0.4) is 0 Å². The fourth-order valence-corrected chi connectivity index (χ4v) is 4.50. The van der Waals surface area contributed by atoms with E-state index in [0.29, 0.717) is 38.3 Å². The van der Waals surface area contributed by atoms with Crippen molar-refractivity contribution < 1.29 is 29.0 Å². The molecule has 2 saturated heterocycles. The van der Waals surface area contributed by atoms with Gasteiger partial charge in [0, 0.05) is 39.0 Å². The van der Waals surface area contributed by atoms with Gasteiger partial charge in [0.25, 0.3) is 0 Å². The molecule has 1 N–H and O–H groups in total. The molecule has 156 valence electrons. The van der Waals surface area contributed by atoms with Crippen LogP contribution in [0.4, 0.5) is 0 Å². The van der Waals surface area contributed by atoms with Crippen molar-refractivity contribution in [2.75, 3.05) is 26.4 Å². The lowest BCUT2D eigenvalue weighted by Crippen LogP contribution is -2.44. The van der Waals surface area contributed by atoms with Gasteiger partial charge in [0.05, 0.1) is 6.42 Å². The summed E-state index contributed by atoms with van der Waals surface area (Å²) >= 11 is 0. The fraction of sp³-hybridized carbons (Fsp3) is 0.571. The lowest BCUT2D eigenvalue weighted by atomic mass is 9.82. The first-order valence-electron chi connectivity index (χ1n) is 10.2. The number of benzene rings is 1. The molecule has 3 aliphatic heterocycles. The Kier molecular flexibility index (Phi) is 5.60. The number of carbonyl (C=O) groups is 3. The van der Waals surface area contributed by atoms with Crippen molar-refractivity contribution in [1.29, 1.82) is 0 Å². The van der Waals surface area contributed by atoms with Crippen LogP contribution in [0.15, 0.2) is 18.2 Å². The molecule has 1 aromatic rings. The summed E-state index contributed by atoms with van der Waals surface area (Å²) in [4.78, 5) is 39.5. The lowest BCUT2D eigenvalue weighted by molar-refractivity contribution is -0.142. The van der Waals surface area contributed by atoms with Crippen LogP contribution in [-0.2, 0) is 20.9 Å². The van der Waals surface area contributed by atoms with Gasteiger partial charge in [-0.15, -0.1) is 0 Å². The molecule has 2 fully saturated rings. The second-order valence-electron chi connectivity index (χ2n) is 8.04. The number of aliphatic carboxylic acids is 1. The van der Waals surface area contributed by atoms with Crippen LogP contribution in [0.25, 0.3) is 0 Å². The Bertz CT molecular complexity index is 810. The number of hydrogen-bond acceptors (Lipinski definition) is 5. The number of carbonyl (C=O) groups excluding carboxylic acids is 2. The smallest absolute Gasteiger partial charge is 0.303 e. The first-order chi connectivity index (χ1) is 14.0. The maximum atomic E-state index is 12.8. The van der Waals surface area contributed by atoms with E-state index in [1.165, 1.54) is 0 Å². The minimum absolute atomic E-state index is 0.0435. The molecule has 29 heavy (non-hydrogen) atoms. The van der Waals surface area contributed by atoms with E-state index in [1.54, 1.807) is 4.90 Å². The number of ether oxygens (including phenoxy) is 2. The Morgan fingerprint density at radius 3 is 2.69 bits per heavy atom. The van der Waals surface area contributed by atoms with Crippen LogP contribution in [0.1, 0.15) is 37.7 Å². The summed E-state index contributed by atoms with van der Waals surface area (Å²) in [5, 5.41) is 8.79. The molecule has 1 aromatic carbocycles. The standard InChI is InChI=1S/C21H26N2O6/c24-19(3-4-21(26)27)23-7-5-15-10-20(25)22(8-6-16(15)12-23)11-14-1-2-17-18(9-14)29-13-28-17/h1-2,9,15-16H,3-8,10-13H2,(H,26,27). The van der Waals surface area contributed by atoms with Crippen molar-refractivity contribution in [2.24, 2.45) is 11.8 Å². The number of piperidine rings is 1. The predicted octanol–water partition coefficient (Wildman–Crippen LogP) is 1.87. The third kappa shape index (κ3) is 4.46. The summed E-state index contributed by atoms with van der Waals surface area (Å²) in [7, 11) is 0. The van der Waals surface area contributed by atoms with Gasteiger partial charge in [-0.25, -0.2) is 0 Å². The number of nitrogens with zero attached hydrogens (tertiary/aromatic N) is 2. The highest BCUT2D eigenvalue weighted by Gasteiger charge is 2.36. The molecule has 2 amide bonds. The summed E-state index contributed by atoms with van der Waals surface area (Å²) in [6.45, 7) is 2.65. The molecule has 3 aliphatic rings. The zero-order valence-corrected chi connectivity index (χ0v) is 16.3. The van der Waals surface area contributed by atoms with Crippen LogP contribution in [0, 0.1) is 11.8 Å². The minimum Gasteiger partial charge on any atom is -0.481 e. The summed E-state index contributed by atoms with van der Waals surface area (Å²) in [5.41, 5.74) is 1.01. The molecule has 3 heterocycles. The van der Waals surface area contributed by atoms with E-state index in [9.17, 15) is 14.4 Å². The van der Waals surface area contributed by atoms with Gasteiger partial charge in [-0.05, 0) is 42.4 Å². The summed E-state index contributed by atoms with van der Waals surface area (Å²) in [6, 6.07) is 5.76. The SMILES string of the molecule is O=C(O)CCC(=O)N1CCC2CC(=O)N(Cc3ccc4c(c3)OCO4)CCC2C1. The van der Waals surface area contributed by atoms with Gasteiger partial charge in [0.15, 0.2) is 11.5 Å². The van der Waals surface area contributed by atoms with E-state index < -0.39 is 5.97 Å². The van der Waals surface area contributed by atoms with Gasteiger partial charge in [0.2, 0.25) is 18.6 Å². The Balaban J connectivity index is 1.36. The van der Waals surface area contributed by atoms with Gasteiger partial charge in [0.1, 0.15) is 0 Å². The quantitative estimate of drug-likeness (QED) is 0.808. The normalized spacial score (nSPS) is 23.5. The lowest BCUT2D eigenvalue weighted by Gasteiger charge is -2.37. The molecule has 8 heteroatoms. The number of hydrogen-bond donors (Lipinski definition) is 1. The second kappa shape index (κ2) is 8.31. The average Bonchev–Trinajstić information content (AvgIpc) is 3.11. The third-order valence-corrected chi connectivity index (χ3v) is 6.17. The molecule has 0 spiro atoms.